The van der Waals surface area contributed by atoms with Gasteiger partial charge in [0, 0.05) is 29.4 Å². The highest BCUT2D eigenvalue weighted by Gasteiger charge is 2.15. The second-order valence-electron chi connectivity index (χ2n) is 6.85. The zero-order valence-corrected chi connectivity index (χ0v) is 16.8. The molecule has 7 heteroatoms. The summed E-state index contributed by atoms with van der Waals surface area (Å²) in [6.45, 7) is 6.38. The van der Waals surface area contributed by atoms with Crippen molar-refractivity contribution in [1.29, 1.82) is 0 Å². The fourth-order valence-corrected chi connectivity index (χ4v) is 3.53. The summed E-state index contributed by atoms with van der Waals surface area (Å²) in [7, 11) is 0. The SMILES string of the molecule is CCOc1ncccc1NC(=O)CCc1c(C)nc2c3ccccc3nn2c1C. The molecule has 3 heterocycles. The van der Waals surface area contributed by atoms with Gasteiger partial charge in [0.15, 0.2) is 5.65 Å². The summed E-state index contributed by atoms with van der Waals surface area (Å²) in [4.78, 5) is 21.5. The average molecular weight is 389 g/mol. The van der Waals surface area contributed by atoms with Gasteiger partial charge in [-0.1, -0.05) is 12.1 Å². The number of benzene rings is 1. The lowest BCUT2D eigenvalue weighted by Crippen LogP contribution is -2.15. The first-order chi connectivity index (χ1) is 14.1. The van der Waals surface area contributed by atoms with Crippen LogP contribution in [0.3, 0.4) is 0 Å². The molecule has 29 heavy (non-hydrogen) atoms. The van der Waals surface area contributed by atoms with Gasteiger partial charge in [-0.05, 0) is 57.0 Å². The zero-order chi connectivity index (χ0) is 20.4. The molecule has 0 radical (unpaired) electrons. The number of fused-ring (bicyclic) bond motifs is 3. The highest BCUT2D eigenvalue weighted by Crippen LogP contribution is 2.24. The van der Waals surface area contributed by atoms with E-state index >= 15 is 0 Å². The molecule has 3 aromatic heterocycles. The Kier molecular flexibility index (Phi) is 5.12. The average Bonchev–Trinajstić information content (AvgIpc) is 3.08. The third-order valence-corrected chi connectivity index (χ3v) is 4.95. The maximum atomic E-state index is 12.5. The molecular weight excluding hydrogens is 366 g/mol. The van der Waals surface area contributed by atoms with E-state index in [2.05, 4.69) is 15.4 Å². The fourth-order valence-electron chi connectivity index (χ4n) is 3.53. The minimum absolute atomic E-state index is 0.0940. The van der Waals surface area contributed by atoms with Gasteiger partial charge in [0.05, 0.1) is 12.1 Å². The quantitative estimate of drug-likeness (QED) is 0.541. The maximum absolute atomic E-state index is 12.5. The highest BCUT2D eigenvalue weighted by molar-refractivity contribution is 5.93. The molecule has 1 aromatic carbocycles. The molecule has 0 aliphatic carbocycles. The number of rotatable bonds is 6. The first-order valence-corrected chi connectivity index (χ1v) is 9.69. The summed E-state index contributed by atoms with van der Waals surface area (Å²) < 4.78 is 7.34. The number of ether oxygens (including phenoxy) is 1. The largest absolute Gasteiger partial charge is 0.476 e. The van der Waals surface area contributed by atoms with Gasteiger partial charge in [0.1, 0.15) is 5.69 Å². The Morgan fingerprint density at radius 2 is 2.00 bits per heavy atom. The van der Waals surface area contributed by atoms with E-state index in [0.717, 1.165) is 33.5 Å². The van der Waals surface area contributed by atoms with Crippen molar-refractivity contribution >= 4 is 28.1 Å². The molecule has 0 fully saturated rings. The third-order valence-electron chi connectivity index (χ3n) is 4.95. The number of aryl methyl sites for hydroxylation is 2. The van der Waals surface area contributed by atoms with Crippen LogP contribution in [0.1, 0.15) is 30.3 Å². The van der Waals surface area contributed by atoms with E-state index in [1.165, 1.54) is 0 Å². The molecule has 1 amide bonds. The van der Waals surface area contributed by atoms with Crippen LogP contribution in [-0.4, -0.2) is 32.1 Å². The Bertz CT molecular complexity index is 1200. The Balaban J connectivity index is 1.55. The van der Waals surface area contributed by atoms with E-state index < -0.39 is 0 Å². The van der Waals surface area contributed by atoms with Gasteiger partial charge < -0.3 is 10.1 Å². The lowest BCUT2D eigenvalue weighted by atomic mass is 10.1. The van der Waals surface area contributed by atoms with Crippen LogP contribution in [0.5, 0.6) is 5.88 Å². The zero-order valence-electron chi connectivity index (χ0n) is 16.8. The Morgan fingerprint density at radius 1 is 1.17 bits per heavy atom. The number of hydrogen-bond donors (Lipinski definition) is 1. The van der Waals surface area contributed by atoms with E-state index in [1.807, 2.05) is 49.6 Å². The van der Waals surface area contributed by atoms with Crippen LogP contribution < -0.4 is 10.1 Å². The van der Waals surface area contributed by atoms with Crippen LogP contribution in [0.2, 0.25) is 0 Å². The molecule has 4 rings (SSSR count). The molecule has 148 valence electrons. The van der Waals surface area contributed by atoms with Gasteiger partial charge in [-0.15, -0.1) is 0 Å². The standard InChI is InChI=1S/C22H23N5O2/c1-4-29-22-19(10-7-13-23-22)25-20(28)12-11-16-14(2)24-21-17-8-5-6-9-18(17)26-27(21)15(16)3/h5-10,13H,4,11-12H2,1-3H3,(H,25,28). The van der Waals surface area contributed by atoms with E-state index in [9.17, 15) is 4.79 Å². The second kappa shape index (κ2) is 7.87. The number of nitrogens with zero attached hydrogens (tertiary/aromatic N) is 4. The predicted molar refractivity (Wildman–Crippen MR) is 112 cm³/mol. The summed E-state index contributed by atoms with van der Waals surface area (Å²) in [5.74, 6) is 0.338. The molecule has 7 nitrogen and oxygen atoms in total. The summed E-state index contributed by atoms with van der Waals surface area (Å²) in [6, 6.07) is 11.5. The van der Waals surface area contributed by atoms with Crippen molar-refractivity contribution in [2.24, 2.45) is 0 Å². The highest BCUT2D eigenvalue weighted by atomic mass is 16.5. The molecule has 0 atom stereocenters. The summed E-state index contributed by atoms with van der Waals surface area (Å²) >= 11 is 0. The van der Waals surface area contributed by atoms with Crippen LogP contribution in [0.15, 0.2) is 42.6 Å². The van der Waals surface area contributed by atoms with Crippen molar-refractivity contribution < 1.29 is 9.53 Å². The predicted octanol–water partition coefficient (Wildman–Crippen LogP) is 3.86. The van der Waals surface area contributed by atoms with E-state index in [1.54, 1.807) is 18.3 Å². The lowest BCUT2D eigenvalue weighted by molar-refractivity contribution is -0.116. The topological polar surface area (TPSA) is 81.4 Å². The Hall–Kier alpha value is -3.48. The van der Waals surface area contributed by atoms with Gasteiger partial charge in [-0.25, -0.2) is 14.5 Å². The number of pyridine rings is 1. The first-order valence-electron chi connectivity index (χ1n) is 9.69. The smallest absolute Gasteiger partial charge is 0.237 e. The van der Waals surface area contributed by atoms with Crippen LogP contribution in [0.4, 0.5) is 5.69 Å². The van der Waals surface area contributed by atoms with Gasteiger partial charge in [-0.3, -0.25) is 4.79 Å². The van der Waals surface area contributed by atoms with Crippen molar-refractivity contribution in [1.82, 2.24) is 19.6 Å². The summed E-state index contributed by atoms with van der Waals surface area (Å²) in [6.07, 6.45) is 2.55. The van der Waals surface area contributed by atoms with Crippen LogP contribution in [0, 0.1) is 13.8 Å². The summed E-state index contributed by atoms with van der Waals surface area (Å²) in [5.41, 5.74) is 5.31. The number of amides is 1. The van der Waals surface area contributed by atoms with Gasteiger partial charge in [0.2, 0.25) is 11.8 Å². The molecule has 0 bridgehead atoms. The number of carbonyl (C=O) groups excluding carboxylic acids is 1. The number of nitrogens with one attached hydrogen (secondary N) is 1. The van der Waals surface area contributed by atoms with Crippen LogP contribution in [0.25, 0.3) is 16.6 Å². The minimum Gasteiger partial charge on any atom is -0.476 e. The third kappa shape index (κ3) is 3.63. The van der Waals surface area contributed by atoms with Crippen molar-refractivity contribution in [3.8, 4) is 5.88 Å². The second-order valence-corrected chi connectivity index (χ2v) is 6.85. The van der Waals surface area contributed by atoms with E-state index in [0.29, 0.717) is 31.0 Å². The number of aromatic nitrogens is 4. The number of carbonyl (C=O) groups is 1. The molecule has 0 spiro atoms. The van der Waals surface area contributed by atoms with E-state index in [-0.39, 0.29) is 5.91 Å². The monoisotopic (exact) mass is 389 g/mol. The van der Waals surface area contributed by atoms with Crippen LogP contribution >= 0.6 is 0 Å². The molecule has 1 N–H and O–H groups in total. The number of anilines is 1. The molecule has 0 saturated heterocycles. The molecule has 0 aliphatic rings. The molecule has 0 saturated carbocycles. The van der Waals surface area contributed by atoms with Crippen molar-refractivity contribution in [2.45, 2.75) is 33.6 Å². The molecule has 0 unspecified atom stereocenters. The number of hydrogen-bond acceptors (Lipinski definition) is 5. The van der Waals surface area contributed by atoms with Gasteiger partial charge in [-0.2, -0.15) is 5.10 Å². The van der Waals surface area contributed by atoms with Crippen LogP contribution in [-0.2, 0) is 11.2 Å². The van der Waals surface area contributed by atoms with E-state index in [4.69, 9.17) is 9.72 Å². The first kappa shape index (κ1) is 18.9. The lowest BCUT2D eigenvalue weighted by Gasteiger charge is -2.12. The van der Waals surface area contributed by atoms with Gasteiger partial charge >= 0.3 is 0 Å². The summed E-state index contributed by atoms with van der Waals surface area (Å²) in [5, 5.41) is 8.60. The van der Waals surface area contributed by atoms with Crippen molar-refractivity contribution in [3.63, 3.8) is 0 Å². The van der Waals surface area contributed by atoms with Crippen molar-refractivity contribution in [2.75, 3.05) is 11.9 Å². The fraction of sp³-hybridized carbons (Fsp3) is 0.273. The Morgan fingerprint density at radius 3 is 2.83 bits per heavy atom. The minimum atomic E-state index is -0.0940. The molecular formula is C22H23N5O2. The maximum Gasteiger partial charge on any atom is 0.237 e. The Labute approximate surface area is 168 Å². The normalized spacial score (nSPS) is 11.1. The van der Waals surface area contributed by atoms with Crippen molar-refractivity contribution in [3.05, 3.63) is 59.5 Å². The van der Waals surface area contributed by atoms with Gasteiger partial charge in [0.25, 0.3) is 0 Å². The molecule has 4 aromatic rings. The molecule has 0 aliphatic heterocycles.